The quantitative estimate of drug-likeness (QED) is 0.534. The Balaban J connectivity index is 1.98. The Kier molecular flexibility index (Phi) is 5.32. The summed E-state index contributed by atoms with van der Waals surface area (Å²) >= 11 is 0. The molecule has 1 atom stereocenters. The van der Waals surface area contributed by atoms with Crippen LogP contribution in [0.4, 0.5) is 4.79 Å². The van der Waals surface area contributed by atoms with Gasteiger partial charge in [0, 0.05) is 32.8 Å². The fraction of sp³-hybridized carbons (Fsp3) is 0.889. The average Bonchev–Trinajstić information content (AvgIpc) is 2.65. The molecule has 1 heterocycles. The zero-order valence-electron chi connectivity index (χ0n) is 8.64. The molecule has 0 bridgehead atoms. The lowest BCUT2D eigenvalue weighted by Crippen LogP contribution is -2.43. The molecular formula is C9H19N3O2. The van der Waals surface area contributed by atoms with E-state index in [0.717, 1.165) is 25.9 Å². The molecule has 5 nitrogen and oxygen atoms in total. The van der Waals surface area contributed by atoms with Crippen LogP contribution in [0.25, 0.3) is 0 Å². The van der Waals surface area contributed by atoms with E-state index in [2.05, 4.69) is 16.0 Å². The second-order valence-corrected chi connectivity index (χ2v) is 3.44. The molecule has 0 saturated carbocycles. The second-order valence-electron chi connectivity index (χ2n) is 3.44. The molecule has 0 spiro atoms. The van der Waals surface area contributed by atoms with Gasteiger partial charge in [-0.25, -0.2) is 4.79 Å². The van der Waals surface area contributed by atoms with E-state index in [-0.39, 0.29) is 12.1 Å². The van der Waals surface area contributed by atoms with Crippen LogP contribution in [0.3, 0.4) is 0 Å². The van der Waals surface area contributed by atoms with Crippen molar-refractivity contribution in [1.82, 2.24) is 16.0 Å². The molecule has 0 aromatic carbocycles. The third-order valence-electron chi connectivity index (χ3n) is 2.21. The zero-order chi connectivity index (χ0) is 10.2. The topological polar surface area (TPSA) is 62.4 Å². The lowest BCUT2D eigenvalue weighted by atomic mass is 10.3. The fourth-order valence-electron chi connectivity index (χ4n) is 1.43. The van der Waals surface area contributed by atoms with Crippen molar-refractivity contribution in [3.63, 3.8) is 0 Å². The molecule has 0 aromatic heterocycles. The number of amides is 2. The number of hydrogen-bond donors (Lipinski definition) is 3. The van der Waals surface area contributed by atoms with Gasteiger partial charge >= 0.3 is 6.03 Å². The van der Waals surface area contributed by atoms with Crippen molar-refractivity contribution < 1.29 is 9.53 Å². The molecule has 1 saturated heterocycles. The number of methoxy groups -OCH3 is 1. The second kappa shape index (κ2) is 6.62. The van der Waals surface area contributed by atoms with Gasteiger partial charge in [0.2, 0.25) is 0 Å². The molecule has 1 aliphatic heterocycles. The molecule has 0 radical (unpaired) electrons. The number of carbonyl (C=O) groups excluding carboxylic acids is 1. The van der Waals surface area contributed by atoms with Gasteiger partial charge in [0.15, 0.2) is 0 Å². The predicted octanol–water partition coefficient (Wildman–Crippen LogP) is -0.316. The molecule has 3 N–H and O–H groups in total. The van der Waals surface area contributed by atoms with Crippen LogP contribution in [-0.4, -0.2) is 45.4 Å². The normalized spacial score (nSPS) is 20.8. The van der Waals surface area contributed by atoms with Crippen LogP contribution in [-0.2, 0) is 4.74 Å². The summed E-state index contributed by atoms with van der Waals surface area (Å²) in [5, 5.41) is 8.88. The Morgan fingerprint density at radius 2 is 2.50 bits per heavy atom. The van der Waals surface area contributed by atoms with Crippen molar-refractivity contribution in [3.05, 3.63) is 0 Å². The molecule has 0 aromatic rings. The highest BCUT2D eigenvalue weighted by Crippen LogP contribution is 1.95. The van der Waals surface area contributed by atoms with Gasteiger partial charge in [-0.2, -0.15) is 0 Å². The van der Waals surface area contributed by atoms with Crippen LogP contribution in [0.15, 0.2) is 0 Å². The monoisotopic (exact) mass is 201 g/mol. The lowest BCUT2D eigenvalue weighted by Gasteiger charge is -2.12. The molecule has 1 unspecified atom stereocenters. The molecule has 1 aliphatic rings. The van der Waals surface area contributed by atoms with Gasteiger partial charge < -0.3 is 20.7 Å². The predicted molar refractivity (Wildman–Crippen MR) is 54.3 cm³/mol. The first-order valence-electron chi connectivity index (χ1n) is 5.07. The maximum atomic E-state index is 11.3. The molecule has 1 fully saturated rings. The highest BCUT2D eigenvalue weighted by molar-refractivity contribution is 5.74. The number of urea groups is 1. The van der Waals surface area contributed by atoms with Crippen molar-refractivity contribution in [2.45, 2.75) is 18.9 Å². The molecular weight excluding hydrogens is 182 g/mol. The minimum Gasteiger partial charge on any atom is -0.385 e. The van der Waals surface area contributed by atoms with E-state index in [0.29, 0.717) is 13.2 Å². The van der Waals surface area contributed by atoms with Crippen molar-refractivity contribution in [3.8, 4) is 0 Å². The van der Waals surface area contributed by atoms with Crippen molar-refractivity contribution in [1.29, 1.82) is 0 Å². The van der Waals surface area contributed by atoms with E-state index in [1.807, 2.05) is 0 Å². The van der Waals surface area contributed by atoms with Gasteiger partial charge in [0.1, 0.15) is 0 Å². The van der Waals surface area contributed by atoms with Crippen LogP contribution < -0.4 is 16.0 Å². The Morgan fingerprint density at radius 1 is 1.64 bits per heavy atom. The molecule has 2 amide bonds. The minimum atomic E-state index is -0.0743. The molecule has 82 valence electrons. The zero-order valence-corrected chi connectivity index (χ0v) is 8.64. The number of carbonyl (C=O) groups is 1. The fourth-order valence-corrected chi connectivity index (χ4v) is 1.43. The smallest absolute Gasteiger partial charge is 0.315 e. The van der Waals surface area contributed by atoms with Crippen molar-refractivity contribution in [2.24, 2.45) is 0 Å². The summed E-state index contributed by atoms with van der Waals surface area (Å²) < 4.78 is 4.88. The summed E-state index contributed by atoms with van der Waals surface area (Å²) in [5.41, 5.74) is 0. The SMILES string of the molecule is COCCCNC(=O)NC1CCNC1. The number of hydrogen-bond acceptors (Lipinski definition) is 3. The van der Waals surface area contributed by atoms with Gasteiger partial charge in [-0.05, 0) is 19.4 Å². The van der Waals surface area contributed by atoms with E-state index in [1.54, 1.807) is 7.11 Å². The first-order chi connectivity index (χ1) is 6.83. The summed E-state index contributed by atoms with van der Waals surface area (Å²) in [7, 11) is 1.66. The van der Waals surface area contributed by atoms with E-state index in [1.165, 1.54) is 0 Å². The van der Waals surface area contributed by atoms with E-state index < -0.39 is 0 Å². The summed E-state index contributed by atoms with van der Waals surface area (Å²) in [6, 6.07) is 0.215. The standard InChI is InChI=1S/C9H19N3O2/c1-14-6-2-4-11-9(13)12-8-3-5-10-7-8/h8,10H,2-7H2,1H3,(H2,11,12,13). The third kappa shape index (κ3) is 4.43. The Hall–Kier alpha value is -0.810. The number of nitrogens with one attached hydrogen (secondary N) is 3. The maximum absolute atomic E-state index is 11.3. The third-order valence-corrected chi connectivity index (χ3v) is 2.21. The maximum Gasteiger partial charge on any atom is 0.315 e. The van der Waals surface area contributed by atoms with Crippen LogP contribution in [0.5, 0.6) is 0 Å². The van der Waals surface area contributed by atoms with Gasteiger partial charge in [-0.3, -0.25) is 0 Å². The lowest BCUT2D eigenvalue weighted by molar-refractivity contribution is 0.193. The summed E-state index contributed by atoms with van der Waals surface area (Å²) in [6.45, 7) is 3.23. The largest absolute Gasteiger partial charge is 0.385 e. The molecule has 14 heavy (non-hydrogen) atoms. The number of ether oxygens (including phenoxy) is 1. The van der Waals surface area contributed by atoms with E-state index >= 15 is 0 Å². The van der Waals surface area contributed by atoms with Gasteiger partial charge in [-0.1, -0.05) is 0 Å². The highest BCUT2D eigenvalue weighted by Gasteiger charge is 2.15. The van der Waals surface area contributed by atoms with Crippen LogP contribution in [0.1, 0.15) is 12.8 Å². The van der Waals surface area contributed by atoms with Crippen molar-refractivity contribution >= 4 is 6.03 Å². The van der Waals surface area contributed by atoms with Gasteiger partial charge in [0.05, 0.1) is 0 Å². The summed E-state index contributed by atoms with van der Waals surface area (Å²) in [6.07, 6.45) is 1.87. The van der Waals surface area contributed by atoms with Crippen LogP contribution in [0.2, 0.25) is 0 Å². The van der Waals surface area contributed by atoms with Crippen LogP contribution in [0, 0.1) is 0 Å². The first kappa shape index (κ1) is 11.3. The minimum absolute atomic E-state index is 0.0743. The first-order valence-corrected chi connectivity index (χ1v) is 5.07. The Labute approximate surface area is 84.6 Å². The Morgan fingerprint density at radius 3 is 3.14 bits per heavy atom. The molecule has 0 aliphatic carbocycles. The van der Waals surface area contributed by atoms with Crippen molar-refractivity contribution in [2.75, 3.05) is 33.4 Å². The van der Waals surface area contributed by atoms with Gasteiger partial charge in [-0.15, -0.1) is 0 Å². The van der Waals surface area contributed by atoms with Crippen LogP contribution >= 0.6 is 0 Å². The molecule has 5 heteroatoms. The van der Waals surface area contributed by atoms with E-state index in [9.17, 15) is 4.79 Å². The summed E-state index contributed by atoms with van der Waals surface area (Å²) in [5.74, 6) is 0. The summed E-state index contributed by atoms with van der Waals surface area (Å²) in [4.78, 5) is 11.3. The highest BCUT2D eigenvalue weighted by atomic mass is 16.5. The molecule has 1 rings (SSSR count). The number of rotatable bonds is 5. The van der Waals surface area contributed by atoms with Gasteiger partial charge in [0.25, 0.3) is 0 Å². The Bertz CT molecular complexity index is 169. The van der Waals surface area contributed by atoms with E-state index in [4.69, 9.17) is 4.74 Å². The average molecular weight is 201 g/mol.